The fourth-order valence-corrected chi connectivity index (χ4v) is 2.94. The lowest BCUT2D eigenvalue weighted by atomic mass is 9.95. The number of aromatic nitrogens is 1. The van der Waals surface area contributed by atoms with E-state index >= 15 is 0 Å². The molecule has 1 aliphatic rings. The molecule has 0 radical (unpaired) electrons. The van der Waals surface area contributed by atoms with Crippen molar-refractivity contribution in [1.82, 2.24) is 15.6 Å². The van der Waals surface area contributed by atoms with Gasteiger partial charge < -0.3 is 16.4 Å². The largest absolute Gasteiger partial charge is 0.352 e. The number of nitrogens with two attached hydrogens (primary N) is 1. The first-order valence-electron chi connectivity index (χ1n) is 6.91. The smallest absolute Gasteiger partial charge is 0.271 e. The lowest BCUT2D eigenvalue weighted by Crippen LogP contribution is -2.42. The monoisotopic (exact) mass is 296 g/mol. The second-order valence-corrected chi connectivity index (χ2v) is 5.86. The zero-order valence-electron chi connectivity index (χ0n) is 11.4. The number of hydrogen-bond acceptors (Lipinski definition) is 5. The van der Waals surface area contributed by atoms with Gasteiger partial charge in [0.2, 0.25) is 5.91 Å². The summed E-state index contributed by atoms with van der Waals surface area (Å²) < 4.78 is 0. The minimum absolute atomic E-state index is 0.00911. The molecule has 110 valence electrons. The predicted molar refractivity (Wildman–Crippen MR) is 77.4 cm³/mol. The lowest BCUT2D eigenvalue weighted by molar-refractivity contribution is -0.121. The Labute approximate surface area is 122 Å². The Morgan fingerprint density at radius 2 is 2.10 bits per heavy atom. The maximum Gasteiger partial charge on any atom is 0.271 e. The molecule has 2 amide bonds. The van der Waals surface area contributed by atoms with Crippen LogP contribution in [0.2, 0.25) is 0 Å². The van der Waals surface area contributed by atoms with Crippen molar-refractivity contribution in [3.63, 3.8) is 0 Å². The van der Waals surface area contributed by atoms with Gasteiger partial charge in [-0.05, 0) is 12.8 Å². The summed E-state index contributed by atoms with van der Waals surface area (Å²) in [5.41, 5.74) is 5.76. The van der Waals surface area contributed by atoms with Crippen molar-refractivity contribution in [2.45, 2.75) is 44.7 Å². The number of hydrogen-bond donors (Lipinski definition) is 3. The molecule has 1 saturated carbocycles. The maximum absolute atomic E-state index is 11.8. The molecule has 0 spiro atoms. The molecule has 1 aromatic rings. The van der Waals surface area contributed by atoms with Gasteiger partial charge in [0.15, 0.2) is 0 Å². The molecule has 1 aromatic heterocycles. The molecule has 0 unspecified atom stereocenters. The topological polar surface area (TPSA) is 97.1 Å². The van der Waals surface area contributed by atoms with E-state index in [0.29, 0.717) is 17.2 Å². The van der Waals surface area contributed by atoms with Gasteiger partial charge in [-0.3, -0.25) is 9.59 Å². The Bertz CT molecular complexity index is 469. The third-order valence-electron chi connectivity index (χ3n) is 3.34. The zero-order chi connectivity index (χ0) is 14.4. The highest BCUT2D eigenvalue weighted by Crippen LogP contribution is 2.17. The van der Waals surface area contributed by atoms with Crippen molar-refractivity contribution in [1.29, 1.82) is 0 Å². The number of amides is 2. The van der Waals surface area contributed by atoms with Crippen molar-refractivity contribution in [3.8, 4) is 0 Å². The SMILES string of the molecule is NCc1nc(C(=O)NCC(=O)NC2CCCCC2)cs1. The van der Waals surface area contributed by atoms with Gasteiger partial charge in [-0.1, -0.05) is 19.3 Å². The van der Waals surface area contributed by atoms with Crippen LogP contribution in [0, 0.1) is 0 Å². The third-order valence-corrected chi connectivity index (χ3v) is 4.21. The Morgan fingerprint density at radius 3 is 2.75 bits per heavy atom. The van der Waals surface area contributed by atoms with Crippen LogP contribution < -0.4 is 16.4 Å². The highest BCUT2D eigenvalue weighted by molar-refractivity contribution is 7.09. The second-order valence-electron chi connectivity index (χ2n) is 4.92. The number of rotatable bonds is 5. The van der Waals surface area contributed by atoms with E-state index in [1.54, 1.807) is 5.38 Å². The first-order chi connectivity index (χ1) is 9.69. The predicted octanol–water partition coefficient (Wildman–Crippen LogP) is 0.780. The second kappa shape index (κ2) is 7.35. The van der Waals surface area contributed by atoms with Gasteiger partial charge in [-0.25, -0.2) is 4.98 Å². The minimum Gasteiger partial charge on any atom is -0.352 e. The number of carbonyl (C=O) groups is 2. The van der Waals surface area contributed by atoms with Crippen LogP contribution in [0.25, 0.3) is 0 Å². The van der Waals surface area contributed by atoms with Crippen LogP contribution in [-0.2, 0) is 11.3 Å². The average molecular weight is 296 g/mol. The molecule has 4 N–H and O–H groups in total. The summed E-state index contributed by atoms with van der Waals surface area (Å²) in [6.07, 6.45) is 5.64. The Hall–Kier alpha value is -1.47. The summed E-state index contributed by atoms with van der Waals surface area (Å²) in [5.74, 6) is -0.473. The summed E-state index contributed by atoms with van der Waals surface area (Å²) in [6.45, 7) is 0.310. The summed E-state index contributed by atoms with van der Waals surface area (Å²) >= 11 is 1.34. The van der Waals surface area contributed by atoms with Crippen LogP contribution >= 0.6 is 11.3 Å². The summed E-state index contributed by atoms with van der Waals surface area (Å²) in [4.78, 5) is 27.6. The molecule has 20 heavy (non-hydrogen) atoms. The number of thiazole rings is 1. The third kappa shape index (κ3) is 4.28. The molecular formula is C13H20N4O2S. The summed E-state index contributed by atoms with van der Waals surface area (Å²) in [7, 11) is 0. The van der Waals surface area contributed by atoms with Crippen LogP contribution in [0.1, 0.15) is 47.6 Å². The molecule has 1 aliphatic carbocycles. The van der Waals surface area contributed by atoms with E-state index in [2.05, 4.69) is 15.6 Å². The fraction of sp³-hybridized carbons (Fsp3) is 0.615. The van der Waals surface area contributed by atoms with Gasteiger partial charge in [0.05, 0.1) is 6.54 Å². The van der Waals surface area contributed by atoms with E-state index in [4.69, 9.17) is 5.73 Å². The molecule has 0 atom stereocenters. The standard InChI is InChI=1S/C13H20N4O2S/c14-6-12-17-10(8-20-12)13(19)15-7-11(18)16-9-4-2-1-3-5-9/h8-9H,1-7,14H2,(H,15,19)(H,16,18). The van der Waals surface area contributed by atoms with Gasteiger partial charge in [-0.15, -0.1) is 11.3 Å². The van der Waals surface area contributed by atoms with Crippen molar-refractivity contribution >= 4 is 23.2 Å². The van der Waals surface area contributed by atoms with Crippen molar-refractivity contribution in [2.75, 3.05) is 6.54 Å². The van der Waals surface area contributed by atoms with Gasteiger partial charge in [-0.2, -0.15) is 0 Å². The summed E-state index contributed by atoms with van der Waals surface area (Å²) in [5, 5.41) is 7.89. The van der Waals surface area contributed by atoms with Crippen LogP contribution in [0.4, 0.5) is 0 Å². The molecule has 7 heteroatoms. The van der Waals surface area contributed by atoms with Crippen LogP contribution in [0.15, 0.2) is 5.38 Å². The Balaban J connectivity index is 1.73. The molecule has 0 saturated heterocycles. The first-order valence-corrected chi connectivity index (χ1v) is 7.79. The lowest BCUT2D eigenvalue weighted by Gasteiger charge is -2.22. The Morgan fingerprint density at radius 1 is 1.35 bits per heavy atom. The molecule has 2 rings (SSSR count). The van der Waals surface area contributed by atoms with Crippen LogP contribution in [0.3, 0.4) is 0 Å². The van der Waals surface area contributed by atoms with Gasteiger partial charge in [0.1, 0.15) is 10.7 Å². The van der Waals surface area contributed by atoms with E-state index in [0.717, 1.165) is 25.7 Å². The van der Waals surface area contributed by atoms with E-state index in [1.807, 2.05) is 0 Å². The molecular weight excluding hydrogens is 276 g/mol. The minimum atomic E-state index is -0.334. The van der Waals surface area contributed by atoms with Crippen molar-refractivity contribution in [3.05, 3.63) is 16.1 Å². The van der Waals surface area contributed by atoms with E-state index in [9.17, 15) is 9.59 Å². The summed E-state index contributed by atoms with van der Waals surface area (Å²) in [6, 6.07) is 0.260. The Kier molecular flexibility index (Phi) is 5.49. The molecule has 1 fully saturated rings. The molecule has 0 aromatic carbocycles. The number of carbonyl (C=O) groups excluding carboxylic acids is 2. The van der Waals surface area contributed by atoms with E-state index in [1.165, 1.54) is 17.8 Å². The molecule has 1 heterocycles. The maximum atomic E-state index is 11.8. The molecule has 0 bridgehead atoms. The fourth-order valence-electron chi connectivity index (χ4n) is 2.29. The number of nitrogens with one attached hydrogen (secondary N) is 2. The van der Waals surface area contributed by atoms with Gasteiger partial charge >= 0.3 is 0 Å². The molecule has 6 nitrogen and oxygen atoms in total. The van der Waals surface area contributed by atoms with Crippen LogP contribution in [0.5, 0.6) is 0 Å². The van der Waals surface area contributed by atoms with E-state index < -0.39 is 0 Å². The number of nitrogens with zero attached hydrogens (tertiary/aromatic N) is 1. The van der Waals surface area contributed by atoms with E-state index in [-0.39, 0.29) is 24.4 Å². The van der Waals surface area contributed by atoms with Gasteiger partial charge in [0.25, 0.3) is 5.91 Å². The average Bonchev–Trinajstić information content (AvgIpc) is 2.95. The quantitative estimate of drug-likeness (QED) is 0.748. The highest BCUT2D eigenvalue weighted by Gasteiger charge is 2.16. The molecule has 0 aliphatic heterocycles. The van der Waals surface area contributed by atoms with Gasteiger partial charge in [0, 0.05) is 18.0 Å². The van der Waals surface area contributed by atoms with Crippen LogP contribution in [-0.4, -0.2) is 29.4 Å². The van der Waals surface area contributed by atoms with Crippen molar-refractivity contribution in [2.24, 2.45) is 5.73 Å². The normalized spacial score (nSPS) is 15.8. The van der Waals surface area contributed by atoms with Crippen molar-refractivity contribution < 1.29 is 9.59 Å². The zero-order valence-corrected chi connectivity index (χ0v) is 12.2. The first kappa shape index (κ1) is 14.9. The highest BCUT2D eigenvalue weighted by atomic mass is 32.1.